The van der Waals surface area contributed by atoms with Crippen LogP contribution in [0.1, 0.15) is 24.9 Å². The molecule has 1 aromatic carbocycles. The van der Waals surface area contributed by atoms with E-state index < -0.39 is 0 Å². The van der Waals surface area contributed by atoms with Crippen LogP contribution in [0, 0.1) is 0 Å². The molecule has 1 aliphatic rings. The Labute approximate surface area is 124 Å². The van der Waals surface area contributed by atoms with Gasteiger partial charge in [0.05, 0.1) is 19.7 Å². The van der Waals surface area contributed by atoms with Gasteiger partial charge in [0.2, 0.25) is 11.8 Å². The Morgan fingerprint density at radius 2 is 2.24 bits per heavy atom. The van der Waals surface area contributed by atoms with Gasteiger partial charge < -0.3 is 10.5 Å². The minimum absolute atomic E-state index is 0.170. The van der Waals surface area contributed by atoms with Crippen LogP contribution in [-0.2, 0) is 9.59 Å². The fourth-order valence-corrected chi connectivity index (χ4v) is 2.75. The zero-order valence-corrected chi connectivity index (χ0v) is 12.3. The molecule has 1 saturated heterocycles. The van der Waals surface area contributed by atoms with Crippen LogP contribution in [0.5, 0.6) is 5.75 Å². The molecular weight excluding hydrogens is 270 g/mol. The molecule has 1 heterocycles. The number of amides is 2. The number of nitrogens with two attached hydrogens (primary N) is 1. The van der Waals surface area contributed by atoms with E-state index in [0.29, 0.717) is 13.0 Å². The summed E-state index contributed by atoms with van der Waals surface area (Å²) in [6.07, 6.45) is 0.625. The van der Waals surface area contributed by atoms with Crippen LogP contribution in [0.3, 0.4) is 0 Å². The maximum Gasteiger partial charge on any atom is 0.243 e. The molecule has 0 spiro atoms. The number of methoxy groups -OCH3 is 1. The molecule has 2 atom stereocenters. The lowest BCUT2D eigenvalue weighted by molar-refractivity contribution is -0.141. The number of ether oxygens (including phenoxy) is 1. The van der Waals surface area contributed by atoms with Gasteiger partial charge in [-0.25, -0.2) is 0 Å². The molecule has 2 unspecified atom stereocenters. The third-order valence-electron chi connectivity index (χ3n) is 3.78. The highest BCUT2D eigenvalue weighted by Gasteiger charge is 2.36. The molecule has 1 aliphatic heterocycles. The van der Waals surface area contributed by atoms with Gasteiger partial charge in [0.1, 0.15) is 5.75 Å². The van der Waals surface area contributed by atoms with Crippen LogP contribution >= 0.6 is 0 Å². The third kappa shape index (κ3) is 3.22. The molecule has 6 heteroatoms. The number of hydrogen-bond acceptors (Lipinski definition) is 5. The Bertz CT molecular complexity index is 533. The van der Waals surface area contributed by atoms with Crippen molar-refractivity contribution in [1.82, 2.24) is 10.2 Å². The van der Waals surface area contributed by atoms with Gasteiger partial charge in [-0.1, -0.05) is 19.1 Å². The first-order valence-electron chi connectivity index (χ1n) is 7.04. The Morgan fingerprint density at radius 3 is 2.86 bits per heavy atom. The Morgan fingerprint density at radius 1 is 1.48 bits per heavy atom. The normalized spacial score (nSPS) is 21.0. The first kappa shape index (κ1) is 15.5. The molecule has 0 saturated carbocycles. The number of carbonyl (C=O) groups excluding carboxylic acids is 2. The highest BCUT2D eigenvalue weighted by molar-refractivity contribution is 6.01. The molecule has 1 aromatic rings. The predicted octanol–water partition coefficient (Wildman–Crippen LogP) is 0.432. The van der Waals surface area contributed by atoms with Crippen LogP contribution in [0.2, 0.25) is 0 Å². The maximum atomic E-state index is 12.0. The quantitative estimate of drug-likeness (QED) is 0.769. The van der Waals surface area contributed by atoms with E-state index >= 15 is 0 Å². The topological polar surface area (TPSA) is 84.7 Å². The lowest BCUT2D eigenvalue weighted by atomic mass is 10.00. The molecule has 0 aliphatic carbocycles. The zero-order valence-electron chi connectivity index (χ0n) is 12.3. The summed E-state index contributed by atoms with van der Waals surface area (Å²) in [6, 6.07) is 7.01. The summed E-state index contributed by atoms with van der Waals surface area (Å²) in [6.45, 7) is 2.42. The van der Waals surface area contributed by atoms with Crippen LogP contribution < -0.4 is 15.8 Å². The van der Waals surface area contributed by atoms with E-state index in [1.807, 2.05) is 36.1 Å². The van der Waals surface area contributed by atoms with Crippen LogP contribution in [0.25, 0.3) is 0 Å². The van der Waals surface area contributed by atoms with Crippen molar-refractivity contribution in [3.8, 4) is 5.75 Å². The molecular formula is C15H21N3O3. The first-order chi connectivity index (χ1) is 10.1. The van der Waals surface area contributed by atoms with Gasteiger partial charge in [0, 0.05) is 12.6 Å². The van der Waals surface area contributed by atoms with Crippen molar-refractivity contribution < 1.29 is 14.3 Å². The molecule has 2 rings (SSSR count). The summed E-state index contributed by atoms with van der Waals surface area (Å²) in [5.74, 6) is 0.188. The highest BCUT2D eigenvalue weighted by Crippen LogP contribution is 2.27. The van der Waals surface area contributed by atoms with Gasteiger partial charge in [0.25, 0.3) is 0 Å². The predicted molar refractivity (Wildman–Crippen MR) is 78.7 cm³/mol. The second-order valence-corrected chi connectivity index (χ2v) is 5.04. The average Bonchev–Trinajstić information content (AvgIpc) is 2.48. The van der Waals surface area contributed by atoms with E-state index in [1.54, 1.807) is 7.11 Å². The number of nitrogens with one attached hydrogen (secondary N) is 1. The molecule has 0 radical (unpaired) electrons. The van der Waals surface area contributed by atoms with Gasteiger partial charge >= 0.3 is 0 Å². The van der Waals surface area contributed by atoms with Crippen molar-refractivity contribution >= 4 is 11.8 Å². The minimum atomic E-state index is -0.345. The summed E-state index contributed by atoms with van der Waals surface area (Å²) in [5, 5.41) is 2.38. The van der Waals surface area contributed by atoms with Gasteiger partial charge in [-0.2, -0.15) is 0 Å². The molecule has 2 amide bonds. The lowest BCUT2D eigenvalue weighted by Crippen LogP contribution is -2.59. The van der Waals surface area contributed by atoms with Gasteiger partial charge in [-0.3, -0.25) is 19.8 Å². The van der Waals surface area contributed by atoms with Gasteiger partial charge in [-0.05, 0) is 24.1 Å². The zero-order chi connectivity index (χ0) is 15.4. The van der Waals surface area contributed by atoms with Crippen molar-refractivity contribution in [3.63, 3.8) is 0 Å². The standard InChI is InChI=1S/C15H21N3O3/c1-3-12-15(20)17-14(19)9-18(12)13(8-16)10-5-4-6-11(7-10)21-2/h4-7,12-13H,3,8-9,16H2,1-2H3,(H,17,19,20). The smallest absolute Gasteiger partial charge is 0.243 e. The number of benzene rings is 1. The summed E-state index contributed by atoms with van der Waals surface area (Å²) in [5.41, 5.74) is 6.85. The van der Waals surface area contributed by atoms with E-state index in [9.17, 15) is 9.59 Å². The van der Waals surface area contributed by atoms with E-state index in [1.165, 1.54) is 0 Å². The second kappa shape index (κ2) is 6.69. The maximum absolute atomic E-state index is 12.0. The van der Waals surface area contributed by atoms with Gasteiger partial charge in [0.15, 0.2) is 0 Å². The number of piperazine rings is 1. The number of hydrogen-bond donors (Lipinski definition) is 2. The van der Waals surface area contributed by atoms with Crippen molar-refractivity contribution in [3.05, 3.63) is 29.8 Å². The summed E-state index contributed by atoms with van der Waals surface area (Å²) < 4.78 is 5.23. The largest absolute Gasteiger partial charge is 0.497 e. The minimum Gasteiger partial charge on any atom is -0.497 e. The van der Waals surface area contributed by atoms with Crippen LogP contribution in [0.4, 0.5) is 0 Å². The Balaban J connectivity index is 2.33. The number of rotatable bonds is 5. The average molecular weight is 291 g/mol. The van der Waals surface area contributed by atoms with Crippen molar-refractivity contribution in [2.24, 2.45) is 5.73 Å². The molecule has 21 heavy (non-hydrogen) atoms. The monoisotopic (exact) mass is 291 g/mol. The summed E-state index contributed by atoms with van der Waals surface area (Å²) in [7, 11) is 1.60. The lowest BCUT2D eigenvalue weighted by Gasteiger charge is -2.39. The molecule has 1 fully saturated rings. The Kier molecular flexibility index (Phi) is 4.93. The number of nitrogens with zero attached hydrogens (tertiary/aromatic N) is 1. The Hall–Kier alpha value is -1.92. The molecule has 114 valence electrons. The first-order valence-corrected chi connectivity index (χ1v) is 7.04. The van der Waals surface area contributed by atoms with Crippen molar-refractivity contribution in [2.75, 3.05) is 20.2 Å². The molecule has 0 bridgehead atoms. The van der Waals surface area contributed by atoms with E-state index in [2.05, 4.69) is 5.32 Å². The summed E-state index contributed by atoms with van der Waals surface area (Å²) in [4.78, 5) is 25.5. The fourth-order valence-electron chi connectivity index (χ4n) is 2.75. The summed E-state index contributed by atoms with van der Waals surface area (Å²) >= 11 is 0. The van der Waals surface area contributed by atoms with Crippen molar-refractivity contribution in [2.45, 2.75) is 25.4 Å². The van der Waals surface area contributed by atoms with Crippen LogP contribution in [0.15, 0.2) is 24.3 Å². The van der Waals surface area contributed by atoms with E-state index in [0.717, 1.165) is 11.3 Å². The van der Waals surface area contributed by atoms with Crippen molar-refractivity contribution in [1.29, 1.82) is 0 Å². The number of carbonyl (C=O) groups is 2. The second-order valence-electron chi connectivity index (χ2n) is 5.04. The fraction of sp³-hybridized carbons (Fsp3) is 0.467. The molecule has 3 N–H and O–H groups in total. The molecule has 0 aromatic heterocycles. The SMILES string of the molecule is CCC1C(=O)NC(=O)CN1C(CN)c1cccc(OC)c1. The number of imide groups is 1. The van der Waals surface area contributed by atoms with Gasteiger partial charge in [-0.15, -0.1) is 0 Å². The van der Waals surface area contributed by atoms with E-state index in [4.69, 9.17) is 10.5 Å². The van der Waals surface area contributed by atoms with Crippen LogP contribution in [-0.4, -0.2) is 43.0 Å². The molecule has 6 nitrogen and oxygen atoms in total. The third-order valence-corrected chi connectivity index (χ3v) is 3.78. The van der Waals surface area contributed by atoms with E-state index in [-0.39, 0.29) is 30.4 Å². The highest BCUT2D eigenvalue weighted by atomic mass is 16.5.